The van der Waals surface area contributed by atoms with E-state index in [-0.39, 0.29) is 23.7 Å². The summed E-state index contributed by atoms with van der Waals surface area (Å²) in [6, 6.07) is 12.2. The van der Waals surface area contributed by atoms with Gasteiger partial charge in [-0.3, -0.25) is 14.5 Å². The number of nitrogens with zero attached hydrogens (tertiary/aromatic N) is 3. The van der Waals surface area contributed by atoms with Crippen molar-refractivity contribution in [2.75, 3.05) is 65.0 Å². The maximum atomic E-state index is 14.6. The summed E-state index contributed by atoms with van der Waals surface area (Å²) in [4.78, 5) is 32.4. The Hall–Kier alpha value is -3.35. The third kappa shape index (κ3) is 7.77. The first-order chi connectivity index (χ1) is 24.0. The summed E-state index contributed by atoms with van der Waals surface area (Å²) in [6.45, 7) is 5.50. The van der Waals surface area contributed by atoms with Crippen molar-refractivity contribution in [3.05, 3.63) is 59.2 Å². The first-order valence-corrected chi connectivity index (χ1v) is 18.0. The summed E-state index contributed by atoms with van der Waals surface area (Å²) in [6.07, 6.45) is 0.131. The molecule has 1 N–H and O–H groups in total. The van der Waals surface area contributed by atoms with Crippen LogP contribution in [0.1, 0.15) is 74.0 Å². The van der Waals surface area contributed by atoms with Gasteiger partial charge in [0.15, 0.2) is 0 Å². The van der Waals surface area contributed by atoms with E-state index in [9.17, 15) is 27.9 Å². The lowest BCUT2D eigenvalue weighted by Gasteiger charge is -2.35. The van der Waals surface area contributed by atoms with Crippen LogP contribution in [0.2, 0.25) is 0 Å². The maximum absolute atomic E-state index is 14.6. The molecule has 12 heteroatoms. The van der Waals surface area contributed by atoms with Crippen molar-refractivity contribution in [2.24, 2.45) is 11.8 Å². The van der Waals surface area contributed by atoms with Gasteiger partial charge in [-0.05, 0) is 80.8 Å². The lowest BCUT2D eigenvalue weighted by Crippen LogP contribution is -2.40. The second-order valence-corrected chi connectivity index (χ2v) is 14.3. The molecule has 1 saturated carbocycles. The van der Waals surface area contributed by atoms with Gasteiger partial charge in [0, 0.05) is 76.6 Å². The highest BCUT2D eigenvalue weighted by atomic mass is 19.4. The molecule has 9 nitrogen and oxygen atoms in total. The van der Waals surface area contributed by atoms with Crippen LogP contribution in [-0.4, -0.2) is 105 Å². The smallest absolute Gasteiger partial charge is 0.416 e. The second kappa shape index (κ2) is 15.5. The predicted octanol–water partition coefficient (Wildman–Crippen LogP) is 6.02. The number of carbonyl (C=O) groups is 2. The van der Waals surface area contributed by atoms with E-state index in [1.807, 2.05) is 41.0 Å². The number of hydrogen-bond donors (Lipinski definition) is 1. The maximum Gasteiger partial charge on any atom is 0.416 e. The Morgan fingerprint density at radius 3 is 2.18 bits per heavy atom. The van der Waals surface area contributed by atoms with Gasteiger partial charge in [0.1, 0.15) is 5.75 Å². The summed E-state index contributed by atoms with van der Waals surface area (Å²) in [5.74, 6) is -1.25. The number of halogens is 3. The minimum Gasteiger partial charge on any atom is -0.497 e. The molecule has 6 rings (SSSR count). The zero-order valence-electron chi connectivity index (χ0n) is 29.2. The average molecular weight is 702 g/mol. The quantitative estimate of drug-likeness (QED) is 0.322. The number of carbonyl (C=O) groups excluding carboxylic acids is 1. The van der Waals surface area contributed by atoms with Crippen LogP contribution in [0.4, 0.5) is 18.9 Å². The summed E-state index contributed by atoms with van der Waals surface area (Å²) in [5.41, 5.74) is 1.47. The molecule has 4 fully saturated rings. The van der Waals surface area contributed by atoms with Gasteiger partial charge in [-0.15, -0.1) is 0 Å². The molecule has 274 valence electrons. The van der Waals surface area contributed by atoms with Crippen LogP contribution in [0.3, 0.4) is 0 Å². The molecule has 0 unspecified atom stereocenters. The fourth-order valence-electron chi connectivity index (χ4n) is 8.78. The van der Waals surface area contributed by atoms with E-state index in [1.54, 1.807) is 14.2 Å². The minimum absolute atomic E-state index is 0.0183. The molecule has 1 aliphatic carbocycles. The number of alkyl halides is 3. The molecule has 50 heavy (non-hydrogen) atoms. The summed E-state index contributed by atoms with van der Waals surface area (Å²) < 4.78 is 59.1. The van der Waals surface area contributed by atoms with Gasteiger partial charge in [0.25, 0.3) is 0 Å². The van der Waals surface area contributed by atoms with Crippen molar-refractivity contribution >= 4 is 17.6 Å². The molecule has 0 aromatic heterocycles. The van der Waals surface area contributed by atoms with Crippen molar-refractivity contribution in [1.82, 2.24) is 9.80 Å². The molecule has 2 aromatic rings. The van der Waals surface area contributed by atoms with Gasteiger partial charge in [0.2, 0.25) is 5.91 Å². The third-order valence-electron chi connectivity index (χ3n) is 11.6. The van der Waals surface area contributed by atoms with Crippen LogP contribution in [-0.2, 0) is 25.2 Å². The number of likely N-dealkylation sites (tertiary alicyclic amines) is 2. The van der Waals surface area contributed by atoms with Crippen LogP contribution >= 0.6 is 0 Å². The number of carboxylic acid groups (broad SMARTS) is 1. The van der Waals surface area contributed by atoms with E-state index in [1.165, 1.54) is 12.1 Å². The van der Waals surface area contributed by atoms with Gasteiger partial charge in [-0.25, -0.2) is 0 Å². The first kappa shape index (κ1) is 36.4. The first-order valence-electron chi connectivity index (χ1n) is 18.0. The molecule has 0 spiro atoms. The van der Waals surface area contributed by atoms with Crippen molar-refractivity contribution in [3.8, 4) is 5.75 Å². The number of amides is 1. The van der Waals surface area contributed by atoms with E-state index in [0.717, 1.165) is 49.6 Å². The largest absolute Gasteiger partial charge is 0.497 e. The lowest BCUT2D eigenvalue weighted by atomic mass is 9.88. The number of hydrogen-bond acceptors (Lipinski definition) is 7. The minimum atomic E-state index is -4.53. The number of piperidine rings is 1. The van der Waals surface area contributed by atoms with E-state index >= 15 is 0 Å². The topological polar surface area (TPSA) is 91.8 Å². The molecule has 4 aliphatic rings. The van der Waals surface area contributed by atoms with Gasteiger partial charge < -0.3 is 29.1 Å². The number of aliphatic carboxylic acids is 1. The molecule has 2 aromatic carbocycles. The van der Waals surface area contributed by atoms with Gasteiger partial charge in [-0.2, -0.15) is 13.2 Å². The molecule has 0 radical (unpaired) electrons. The molecular formula is C38H50F3N3O6. The lowest BCUT2D eigenvalue weighted by molar-refractivity contribution is -0.142. The van der Waals surface area contributed by atoms with Crippen LogP contribution in [0.5, 0.6) is 5.75 Å². The predicted molar refractivity (Wildman–Crippen MR) is 183 cm³/mol. The Morgan fingerprint density at radius 2 is 1.58 bits per heavy atom. The molecule has 3 heterocycles. The normalized spacial score (nSPS) is 28.3. The fraction of sp³-hybridized carbons (Fsp3) is 0.632. The van der Waals surface area contributed by atoms with Crippen molar-refractivity contribution in [1.29, 1.82) is 0 Å². The molecule has 1 amide bonds. The van der Waals surface area contributed by atoms with Crippen LogP contribution in [0, 0.1) is 11.8 Å². The second-order valence-electron chi connectivity index (χ2n) is 14.3. The Morgan fingerprint density at radius 1 is 0.880 bits per heavy atom. The fourth-order valence-corrected chi connectivity index (χ4v) is 8.78. The monoisotopic (exact) mass is 701 g/mol. The molecule has 3 aliphatic heterocycles. The van der Waals surface area contributed by atoms with E-state index in [0.29, 0.717) is 75.6 Å². The standard InChI is InChI=1S/C38H50F3N3O6/c1-4-50-29-12-8-27(9-13-29)43-20-31(24-5-10-28(48-2)11-6-24)33(22-43)36(45)44-21-32(35(23-44)49-3)30-14-7-26(38(39,40)41)19-34(30)42-17-15-25(16-18-42)37(46)47/h5-7,10-11,14,19,25,27,29,31-33,35H,4,8-9,12-13,15-18,20-23H2,1-3H3,(H,46,47)/t27?,29?,31-,32+,33+,35-/m0/s1. The third-order valence-corrected chi connectivity index (χ3v) is 11.6. The van der Waals surface area contributed by atoms with Gasteiger partial charge in [0.05, 0.1) is 36.7 Å². The van der Waals surface area contributed by atoms with Crippen LogP contribution < -0.4 is 9.64 Å². The number of benzene rings is 2. The van der Waals surface area contributed by atoms with Crippen LogP contribution in [0.15, 0.2) is 42.5 Å². The Balaban J connectivity index is 1.25. The SMILES string of the molecule is CCOC1CCC(N2C[C@@H](C(=O)N3C[C@H](OC)[C@@H](c4ccc(C(F)(F)F)cc4N4CCC(C(=O)O)CC4)C3)[C@H](c3ccc(OC)cc3)C2)CC1. The Bertz CT molecular complexity index is 1470. The Kier molecular flexibility index (Phi) is 11.3. The van der Waals surface area contributed by atoms with E-state index in [4.69, 9.17) is 14.2 Å². The molecule has 3 saturated heterocycles. The average Bonchev–Trinajstić information content (AvgIpc) is 3.77. The van der Waals surface area contributed by atoms with Gasteiger partial charge in [-0.1, -0.05) is 18.2 Å². The van der Waals surface area contributed by atoms with E-state index in [2.05, 4.69) is 4.90 Å². The van der Waals surface area contributed by atoms with Crippen molar-refractivity contribution in [3.63, 3.8) is 0 Å². The zero-order valence-corrected chi connectivity index (χ0v) is 29.2. The van der Waals surface area contributed by atoms with Crippen molar-refractivity contribution in [2.45, 2.75) is 81.7 Å². The molecule has 0 bridgehead atoms. The summed E-state index contributed by atoms with van der Waals surface area (Å²) in [7, 11) is 3.22. The Labute approximate surface area is 292 Å². The number of methoxy groups -OCH3 is 2. The highest BCUT2D eigenvalue weighted by Gasteiger charge is 2.47. The van der Waals surface area contributed by atoms with Crippen molar-refractivity contribution < 1.29 is 42.1 Å². The van der Waals surface area contributed by atoms with Crippen LogP contribution in [0.25, 0.3) is 0 Å². The molecule has 4 atom stereocenters. The van der Waals surface area contributed by atoms with Gasteiger partial charge >= 0.3 is 12.1 Å². The number of rotatable bonds is 10. The summed E-state index contributed by atoms with van der Waals surface area (Å²) >= 11 is 0. The van der Waals surface area contributed by atoms with E-state index < -0.39 is 29.7 Å². The zero-order chi connectivity index (χ0) is 35.6. The number of anilines is 1. The number of ether oxygens (including phenoxy) is 3. The highest BCUT2D eigenvalue weighted by Crippen LogP contribution is 2.43. The molecular weight excluding hydrogens is 651 g/mol. The highest BCUT2D eigenvalue weighted by molar-refractivity contribution is 5.81. The number of carboxylic acids is 1. The summed E-state index contributed by atoms with van der Waals surface area (Å²) in [5, 5.41) is 9.51.